The first-order chi connectivity index (χ1) is 11.6. The second-order valence-electron chi connectivity index (χ2n) is 5.22. The number of carbonyl (C=O) groups excluding carboxylic acids is 1. The van der Waals surface area contributed by atoms with E-state index in [0.717, 1.165) is 16.3 Å². The van der Waals surface area contributed by atoms with Gasteiger partial charge in [-0.1, -0.05) is 42.1 Å². The zero-order valence-electron chi connectivity index (χ0n) is 13.1. The van der Waals surface area contributed by atoms with Gasteiger partial charge in [0.2, 0.25) is 0 Å². The van der Waals surface area contributed by atoms with Gasteiger partial charge < -0.3 is 0 Å². The summed E-state index contributed by atoms with van der Waals surface area (Å²) < 4.78 is 12.9. The van der Waals surface area contributed by atoms with Gasteiger partial charge in [0.25, 0.3) is 0 Å². The maximum absolute atomic E-state index is 12.9. The maximum Gasteiger partial charge on any atom is 0.173 e. The molecule has 24 heavy (non-hydrogen) atoms. The summed E-state index contributed by atoms with van der Waals surface area (Å²) in [6.07, 6.45) is 0. The van der Waals surface area contributed by atoms with E-state index in [1.807, 2.05) is 43.3 Å². The fourth-order valence-electron chi connectivity index (χ4n) is 2.23. The number of ketones is 1. The van der Waals surface area contributed by atoms with Gasteiger partial charge in [-0.05, 0) is 37.3 Å². The molecule has 0 fully saturated rings. The summed E-state index contributed by atoms with van der Waals surface area (Å²) in [4.78, 5) is 21.0. The lowest BCUT2D eigenvalue weighted by molar-refractivity contribution is 0.102. The van der Waals surface area contributed by atoms with Gasteiger partial charge in [-0.25, -0.2) is 14.4 Å². The first-order valence-corrected chi connectivity index (χ1v) is 8.43. The summed E-state index contributed by atoms with van der Waals surface area (Å²) in [7, 11) is 0. The predicted octanol–water partition coefficient (Wildman–Crippen LogP) is 4.57. The number of thioether (sulfide) groups is 1. The molecular weight excluding hydrogens is 323 g/mol. The Kier molecular flexibility index (Phi) is 5.01. The summed E-state index contributed by atoms with van der Waals surface area (Å²) in [5, 5.41) is 0.747. The molecule has 0 saturated carbocycles. The van der Waals surface area contributed by atoms with Crippen molar-refractivity contribution in [1.29, 1.82) is 0 Å². The number of rotatable bonds is 5. The Bertz CT molecular complexity index is 851. The van der Waals surface area contributed by atoms with Crippen LogP contribution in [0.4, 0.5) is 4.39 Å². The molecular formula is C19H15FN2OS. The number of benzene rings is 2. The largest absolute Gasteiger partial charge is 0.293 e. The highest BCUT2D eigenvalue weighted by Crippen LogP contribution is 2.23. The minimum Gasteiger partial charge on any atom is -0.293 e. The summed E-state index contributed by atoms with van der Waals surface area (Å²) >= 11 is 1.36. The van der Waals surface area contributed by atoms with Gasteiger partial charge in [0.1, 0.15) is 16.7 Å². The lowest BCUT2D eigenvalue weighted by atomic mass is 10.1. The van der Waals surface area contributed by atoms with Gasteiger partial charge in [-0.3, -0.25) is 4.79 Å². The van der Waals surface area contributed by atoms with Gasteiger partial charge in [0, 0.05) is 11.1 Å². The van der Waals surface area contributed by atoms with E-state index in [1.165, 1.54) is 36.0 Å². The van der Waals surface area contributed by atoms with Gasteiger partial charge in [-0.15, -0.1) is 0 Å². The molecule has 0 spiro atoms. The molecule has 3 rings (SSSR count). The SMILES string of the molecule is Cc1nc(SCC(=O)c2ccc(F)cc2)cc(-c2ccccc2)n1. The van der Waals surface area contributed by atoms with Crippen molar-refractivity contribution in [3.63, 3.8) is 0 Å². The molecule has 1 aromatic heterocycles. The van der Waals surface area contributed by atoms with Gasteiger partial charge in [0.15, 0.2) is 5.78 Å². The third-order valence-electron chi connectivity index (χ3n) is 3.40. The van der Waals surface area contributed by atoms with E-state index in [9.17, 15) is 9.18 Å². The first-order valence-electron chi connectivity index (χ1n) is 7.44. The molecule has 0 radical (unpaired) electrons. The van der Waals surface area contributed by atoms with Gasteiger partial charge >= 0.3 is 0 Å². The van der Waals surface area contributed by atoms with Crippen LogP contribution >= 0.6 is 11.8 Å². The Labute approximate surface area is 144 Å². The van der Waals surface area contributed by atoms with E-state index < -0.39 is 0 Å². The molecule has 0 aliphatic heterocycles. The highest BCUT2D eigenvalue weighted by molar-refractivity contribution is 7.99. The van der Waals surface area contributed by atoms with Crippen molar-refractivity contribution in [3.8, 4) is 11.3 Å². The van der Waals surface area contributed by atoms with Crippen molar-refractivity contribution in [1.82, 2.24) is 9.97 Å². The summed E-state index contributed by atoms with van der Waals surface area (Å²) in [6, 6.07) is 17.3. The van der Waals surface area contributed by atoms with Crippen molar-refractivity contribution >= 4 is 17.5 Å². The van der Waals surface area contributed by atoms with Gasteiger partial charge in [0.05, 0.1) is 11.4 Å². The monoisotopic (exact) mass is 338 g/mol. The molecule has 120 valence electrons. The van der Waals surface area contributed by atoms with E-state index in [1.54, 1.807) is 0 Å². The van der Waals surface area contributed by atoms with Crippen molar-refractivity contribution in [2.75, 3.05) is 5.75 Å². The zero-order valence-corrected chi connectivity index (χ0v) is 13.9. The Morgan fingerprint density at radius 1 is 1.04 bits per heavy atom. The van der Waals surface area contributed by atoms with Crippen LogP contribution in [0.15, 0.2) is 65.7 Å². The molecule has 0 atom stereocenters. The third-order valence-corrected chi connectivity index (χ3v) is 4.31. The Morgan fingerprint density at radius 3 is 2.46 bits per heavy atom. The Hall–Kier alpha value is -2.53. The van der Waals surface area contributed by atoms with Crippen molar-refractivity contribution in [2.24, 2.45) is 0 Å². The number of aromatic nitrogens is 2. The molecule has 0 bridgehead atoms. The average molecular weight is 338 g/mol. The molecule has 0 aliphatic rings. The number of halogens is 1. The van der Waals surface area contributed by atoms with E-state index in [-0.39, 0.29) is 17.4 Å². The number of Topliss-reactive ketones (excluding diaryl/α,β-unsaturated/α-hetero) is 1. The fourth-order valence-corrected chi connectivity index (χ4v) is 3.07. The standard InChI is InChI=1S/C19H15FN2OS/c1-13-21-17(14-5-3-2-4-6-14)11-19(22-13)24-12-18(23)15-7-9-16(20)10-8-15/h2-11H,12H2,1H3. The second kappa shape index (κ2) is 7.36. The molecule has 5 heteroatoms. The molecule has 0 aliphatic carbocycles. The van der Waals surface area contributed by atoms with Crippen LogP contribution in [-0.2, 0) is 0 Å². The van der Waals surface area contributed by atoms with Crippen LogP contribution in [0.3, 0.4) is 0 Å². The number of hydrogen-bond donors (Lipinski definition) is 0. The smallest absolute Gasteiger partial charge is 0.173 e. The van der Waals surface area contributed by atoms with Crippen LogP contribution in [-0.4, -0.2) is 21.5 Å². The second-order valence-corrected chi connectivity index (χ2v) is 6.22. The quantitative estimate of drug-likeness (QED) is 0.388. The normalized spacial score (nSPS) is 10.6. The minimum absolute atomic E-state index is 0.0578. The molecule has 0 N–H and O–H groups in total. The lowest BCUT2D eigenvalue weighted by Gasteiger charge is -2.06. The molecule has 3 nitrogen and oxygen atoms in total. The van der Waals surface area contributed by atoms with Crippen LogP contribution in [0.1, 0.15) is 16.2 Å². The summed E-state index contributed by atoms with van der Waals surface area (Å²) in [5.41, 5.74) is 2.34. The summed E-state index contributed by atoms with van der Waals surface area (Å²) in [6.45, 7) is 1.83. The number of nitrogens with zero attached hydrogens (tertiary/aromatic N) is 2. The van der Waals surface area contributed by atoms with Crippen LogP contribution in [0.25, 0.3) is 11.3 Å². The Morgan fingerprint density at radius 2 is 1.75 bits per heavy atom. The molecule has 2 aromatic carbocycles. The van der Waals surface area contributed by atoms with E-state index in [4.69, 9.17) is 0 Å². The lowest BCUT2D eigenvalue weighted by Crippen LogP contribution is -2.03. The topological polar surface area (TPSA) is 42.9 Å². The fraction of sp³-hybridized carbons (Fsp3) is 0.105. The van der Waals surface area contributed by atoms with Crippen molar-refractivity contribution in [3.05, 3.63) is 77.9 Å². The van der Waals surface area contributed by atoms with E-state index in [0.29, 0.717) is 11.4 Å². The molecule has 3 aromatic rings. The highest BCUT2D eigenvalue weighted by atomic mass is 32.2. The molecule has 0 unspecified atom stereocenters. The van der Waals surface area contributed by atoms with Gasteiger partial charge in [-0.2, -0.15) is 0 Å². The highest BCUT2D eigenvalue weighted by Gasteiger charge is 2.10. The van der Waals surface area contributed by atoms with E-state index in [2.05, 4.69) is 9.97 Å². The van der Waals surface area contributed by atoms with E-state index >= 15 is 0 Å². The maximum atomic E-state index is 12.9. The average Bonchev–Trinajstić information content (AvgIpc) is 2.60. The zero-order chi connectivity index (χ0) is 16.9. The predicted molar refractivity (Wildman–Crippen MR) is 93.7 cm³/mol. The Balaban J connectivity index is 1.74. The number of carbonyl (C=O) groups is 1. The number of aryl methyl sites for hydroxylation is 1. The van der Waals surface area contributed by atoms with Crippen LogP contribution in [0, 0.1) is 12.7 Å². The van der Waals surface area contributed by atoms with Crippen LogP contribution in [0.2, 0.25) is 0 Å². The van der Waals surface area contributed by atoms with Crippen molar-refractivity contribution in [2.45, 2.75) is 11.9 Å². The third kappa shape index (κ3) is 4.06. The molecule has 1 heterocycles. The van der Waals surface area contributed by atoms with Crippen molar-refractivity contribution < 1.29 is 9.18 Å². The molecule has 0 saturated heterocycles. The molecule has 0 amide bonds. The van der Waals surface area contributed by atoms with Crippen LogP contribution in [0.5, 0.6) is 0 Å². The van der Waals surface area contributed by atoms with Crippen LogP contribution < -0.4 is 0 Å². The minimum atomic E-state index is -0.349. The first kappa shape index (κ1) is 16.3. The summed E-state index contributed by atoms with van der Waals surface area (Å²) in [5.74, 6) is 0.500. The number of hydrogen-bond acceptors (Lipinski definition) is 4.